The van der Waals surface area contributed by atoms with E-state index in [1.807, 2.05) is 36.4 Å². The third-order valence-electron chi connectivity index (χ3n) is 3.53. The fourth-order valence-corrected chi connectivity index (χ4v) is 2.20. The first-order valence-corrected chi connectivity index (χ1v) is 8.28. The van der Waals surface area contributed by atoms with E-state index in [0.29, 0.717) is 13.2 Å². The van der Waals surface area contributed by atoms with E-state index >= 15 is 0 Å². The molecule has 0 aromatic heterocycles. The maximum absolute atomic E-state index is 5.95. The summed E-state index contributed by atoms with van der Waals surface area (Å²) in [6, 6.07) is 20.3. The quantitative estimate of drug-likeness (QED) is 0.583. The van der Waals surface area contributed by atoms with Gasteiger partial charge in [-0.2, -0.15) is 0 Å². The Hall–Kier alpha value is -1.68. The topological polar surface area (TPSA) is 27.7 Å². The minimum atomic E-state index is -0.254. The van der Waals surface area contributed by atoms with E-state index < -0.39 is 0 Å². The summed E-state index contributed by atoms with van der Waals surface area (Å²) in [6.45, 7) is 5.21. The van der Waals surface area contributed by atoms with Crippen LogP contribution in [0.3, 0.4) is 0 Å². The highest BCUT2D eigenvalue weighted by Gasteiger charge is 2.15. The first-order chi connectivity index (χ1) is 11.3. The van der Waals surface area contributed by atoms with Crippen molar-refractivity contribution in [3.8, 4) is 0 Å². The lowest BCUT2D eigenvalue weighted by Crippen LogP contribution is -2.26. The molecule has 2 aromatic rings. The second kappa shape index (κ2) is 10.2. The van der Waals surface area contributed by atoms with E-state index in [2.05, 4.69) is 38.1 Å². The van der Waals surface area contributed by atoms with E-state index in [0.717, 1.165) is 24.0 Å². The fraction of sp³-hybridized carbons (Fsp3) is 0.400. The Morgan fingerprint density at radius 1 is 0.652 bits per heavy atom. The van der Waals surface area contributed by atoms with Gasteiger partial charge in [0.2, 0.25) is 0 Å². The molecule has 0 bridgehead atoms. The predicted molar refractivity (Wildman–Crippen MR) is 91.7 cm³/mol. The van der Waals surface area contributed by atoms with Crippen LogP contribution in [0.4, 0.5) is 0 Å². The van der Waals surface area contributed by atoms with Gasteiger partial charge in [-0.15, -0.1) is 0 Å². The molecule has 2 atom stereocenters. The van der Waals surface area contributed by atoms with Gasteiger partial charge >= 0.3 is 0 Å². The Labute approximate surface area is 139 Å². The summed E-state index contributed by atoms with van der Waals surface area (Å²) in [5.74, 6) is 0. The van der Waals surface area contributed by atoms with Crippen molar-refractivity contribution in [1.82, 2.24) is 0 Å². The van der Waals surface area contributed by atoms with Crippen molar-refractivity contribution in [1.29, 1.82) is 0 Å². The van der Waals surface area contributed by atoms with Crippen LogP contribution in [0, 0.1) is 0 Å². The molecule has 0 heterocycles. The zero-order valence-corrected chi connectivity index (χ0v) is 14.0. The molecule has 0 aliphatic carbocycles. The van der Waals surface area contributed by atoms with Crippen LogP contribution >= 0.6 is 0 Å². The van der Waals surface area contributed by atoms with Crippen LogP contribution in [0.2, 0.25) is 0 Å². The van der Waals surface area contributed by atoms with Crippen molar-refractivity contribution >= 4 is 0 Å². The van der Waals surface area contributed by atoms with Gasteiger partial charge in [-0.3, -0.25) is 0 Å². The summed E-state index contributed by atoms with van der Waals surface area (Å²) in [7, 11) is 0. The molecule has 0 radical (unpaired) electrons. The van der Waals surface area contributed by atoms with Gasteiger partial charge in [-0.25, -0.2) is 0 Å². The summed E-state index contributed by atoms with van der Waals surface area (Å²) in [4.78, 5) is 0. The van der Waals surface area contributed by atoms with Gasteiger partial charge in [-0.05, 0) is 24.0 Å². The molecule has 3 nitrogen and oxygen atoms in total. The number of benzene rings is 2. The minimum absolute atomic E-state index is 0.254. The molecule has 0 saturated heterocycles. The van der Waals surface area contributed by atoms with Crippen LogP contribution in [0.5, 0.6) is 0 Å². The van der Waals surface area contributed by atoms with Gasteiger partial charge < -0.3 is 14.2 Å². The molecule has 2 rings (SSSR count). The third-order valence-corrected chi connectivity index (χ3v) is 3.53. The summed E-state index contributed by atoms with van der Waals surface area (Å²) in [5, 5.41) is 0. The van der Waals surface area contributed by atoms with Gasteiger partial charge in [0.1, 0.15) is 0 Å². The molecule has 0 saturated carbocycles. The third kappa shape index (κ3) is 6.53. The molecule has 0 spiro atoms. The largest absolute Gasteiger partial charge is 0.348 e. The van der Waals surface area contributed by atoms with Crippen LogP contribution < -0.4 is 0 Å². The lowest BCUT2D eigenvalue weighted by Gasteiger charge is -2.23. The first-order valence-electron chi connectivity index (χ1n) is 8.28. The van der Waals surface area contributed by atoms with Gasteiger partial charge in [0, 0.05) is 0 Å². The molecule has 0 aliphatic rings. The highest BCUT2D eigenvalue weighted by Crippen LogP contribution is 2.13. The van der Waals surface area contributed by atoms with Crippen molar-refractivity contribution < 1.29 is 14.2 Å². The van der Waals surface area contributed by atoms with Crippen molar-refractivity contribution in [3.63, 3.8) is 0 Å². The molecule has 124 valence electrons. The van der Waals surface area contributed by atoms with Crippen LogP contribution in [0.25, 0.3) is 0 Å². The van der Waals surface area contributed by atoms with Crippen molar-refractivity contribution in [2.75, 3.05) is 0 Å². The maximum atomic E-state index is 5.95. The van der Waals surface area contributed by atoms with Gasteiger partial charge in [-0.1, -0.05) is 74.5 Å². The molecule has 0 fully saturated rings. The number of ether oxygens (including phenoxy) is 3. The van der Waals surface area contributed by atoms with E-state index in [4.69, 9.17) is 14.2 Å². The van der Waals surface area contributed by atoms with Gasteiger partial charge in [0.05, 0.1) is 13.2 Å². The van der Waals surface area contributed by atoms with Crippen LogP contribution in [-0.2, 0) is 27.4 Å². The molecular weight excluding hydrogens is 288 g/mol. The number of hydrogen-bond acceptors (Lipinski definition) is 3. The molecule has 3 heteroatoms. The van der Waals surface area contributed by atoms with Crippen LogP contribution in [0.15, 0.2) is 60.7 Å². The summed E-state index contributed by atoms with van der Waals surface area (Å²) >= 11 is 0. The Balaban J connectivity index is 1.78. The van der Waals surface area contributed by atoms with Crippen LogP contribution in [-0.4, -0.2) is 12.6 Å². The van der Waals surface area contributed by atoms with E-state index in [9.17, 15) is 0 Å². The van der Waals surface area contributed by atoms with E-state index in [1.165, 1.54) is 0 Å². The Kier molecular flexibility index (Phi) is 7.81. The van der Waals surface area contributed by atoms with E-state index in [-0.39, 0.29) is 12.6 Å². The molecule has 2 aromatic carbocycles. The first kappa shape index (κ1) is 17.7. The highest BCUT2D eigenvalue weighted by molar-refractivity contribution is 5.14. The van der Waals surface area contributed by atoms with E-state index in [1.54, 1.807) is 0 Å². The molecule has 23 heavy (non-hydrogen) atoms. The second-order valence-electron chi connectivity index (χ2n) is 5.40. The molecule has 0 aliphatic heterocycles. The second-order valence-corrected chi connectivity index (χ2v) is 5.40. The van der Waals surface area contributed by atoms with Crippen molar-refractivity contribution in [2.24, 2.45) is 0 Å². The monoisotopic (exact) mass is 314 g/mol. The lowest BCUT2D eigenvalue weighted by atomic mass is 10.2. The zero-order valence-electron chi connectivity index (χ0n) is 14.0. The highest BCUT2D eigenvalue weighted by atomic mass is 16.8. The predicted octanol–water partition coefficient (Wildman–Crippen LogP) is 4.91. The molecular formula is C20H26O3. The van der Waals surface area contributed by atoms with Crippen molar-refractivity contribution in [2.45, 2.75) is 52.5 Å². The Bertz CT molecular complexity index is 478. The zero-order chi connectivity index (χ0) is 16.3. The van der Waals surface area contributed by atoms with Crippen LogP contribution in [0.1, 0.15) is 37.8 Å². The SMILES string of the molecule is CCC(OCc1ccccc1)OC(CC)OCc1ccccc1. The number of hydrogen-bond donors (Lipinski definition) is 0. The smallest absolute Gasteiger partial charge is 0.160 e. The molecule has 0 amide bonds. The molecule has 2 unspecified atom stereocenters. The van der Waals surface area contributed by atoms with Gasteiger partial charge in [0.25, 0.3) is 0 Å². The standard InChI is InChI=1S/C20H26O3/c1-3-19(21-15-17-11-7-5-8-12-17)23-20(4-2)22-16-18-13-9-6-10-14-18/h5-14,19-20H,3-4,15-16H2,1-2H3. The normalized spacial score (nSPS) is 13.7. The maximum Gasteiger partial charge on any atom is 0.160 e. The summed E-state index contributed by atoms with van der Waals surface area (Å²) in [5.41, 5.74) is 2.29. The number of rotatable bonds is 10. The average Bonchev–Trinajstić information content (AvgIpc) is 2.63. The Morgan fingerprint density at radius 2 is 1.04 bits per heavy atom. The average molecular weight is 314 g/mol. The lowest BCUT2D eigenvalue weighted by molar-refractivity contribution is -0.253. The Morgan fingerprint density at radius 3 is 1.39 bits per heavy atom. The molecule has 0 N–H and O–H groups in total. The van der Waals surface area contributed by atoms with Crippen molar-refractivity contribution in [3.05, 3.63) is 71.8 Å². The minimum Gasteiger partial charge on any atom is -0.348 e. The van der Waals surface area contributed by atoms with Gasteiger partial charge in [0.15, 0.2) is 12.6 Å². The summed E-state index contributed by atoms with van der Waals surface area (Å²) in [6.07, 6.45) is 1.07. The fourth-order valence-electron chi connectivity index (χ4n) is 2.20. The summed E-state index contributed by atoms with van der Waals surface area (Å²) < 4.78 is 17.7.